The molecule has 1 saturated heterocycles. The van der Waals surface area contributed by atoms with Crippen LogP contribution in [0.15, 0.2) is 54.6 Å². The average molecular weight is 339 g/mol. The van der Waals surface area contributed by atoms with E-state index in [1.165, 1.54) is 5.56 Å². The van der Waals surface area contributed by atoms with Crippen LogP contribution in [0.4, 0.5) is 5.69 Å². The minimum atomic E-state index is -0.349. The van der Waals surface area contributed by atoms with E-state index < -0.39 is 0 Å². The van der Waals surface area contributed by atoms with Crippen LogP contribution >= 0.6 is 0 Å². The molecular formula is C20H25N3O2. The molecule has 1 fully saturated rings. The second-order valence-electron chi connectivity index (χ2n) is 6.59. The molecule has 0 amide bonds. The van der Waals surface area contributed by atoms with Gasteiger partial charge in [-0.15, -0.1) is 0 Å². The minimum Gasteiger partial charge on any atom is -0.300 e. The standard InChI is InChI=1S/C20H25N3O2/c24-23(25)20-8-6-19(7-9-20)11-13-22-16-14-21(15-17-22)12-10-18-4-2-1-3-5-18/h1-9H,10-17H2. The molecule has 0 aliphatic carbocycles. The van der Waals surface area contributed by atoms with E-state index in [2.05, 4.69) is 40.1 Å². The van der Waals surface area contributed by atoms with Gasteiger partial charge in [0.15, 0.2) is 0 Å². The molecule has 1 aliphatic rings. The van der Waals surface area contributed by atoms with Gasteiger partial charge in [-0.25, -0.2) is 0 Å². The quantitative estimate of drug-likeness (QED) is 0.575. The molecule has 2 aromatic carbocycles. The van der Waals surface area contributed by atoms with Crippen LogP contribution in [0.3, 0.4) is 0 Å². The SMILES string of the molecule is O=[N+]([O-])c1ccc(CCN2CCN(CCc3ccccc3)CC2)cc1. The van der Waals surface area contributed by atoms with E-state index in [-0.39, 0.29) is 10.6 Å². The van der Waals surface area contributed by atoms with Crippen molar-refractivity contribution >= 4 is 5.69 Å². The number of hydrogen-bond acceptors (Lipinski definition) is 4. The van der Waals surface area contributed by atoms with E-state index in [0.717, 1.165) is 57.7 Å². The largest absolute Gasteiger partial charge is 0.300 e. The molecule has 2 aromatic rings. The Hall–Kier alpha value is -2.24. The first-order valence-electron chi connectivity index (χ1n) is 8.93. The van der Waals surface area contributed by atoms with Crippen molar-refractivity contribution in [1.29, 1.82) is 0 Å². The monoisotopic (exact) mass is 339 g/mol. The maximum atomic E-state index is 10.7. The molecular weight excluding hydrogens is 314 g/mol. The summed E-state index contributed by atoms with van der Waals surface area (Å²) in [6.07, 6.45) is 2.06. The molecule has 132 valence electrons. The van der Waals surface area contributed by atoms with Crippen LogP contribution in [0.25, 0.3) is 0 Å². The van der Waals surface area contributed by atoms with Crippen molar-refractivity contribution in [2.24, 2.45) is 0 Å². The molecule has 5 nitrogen and oxygen atoms in total. The molecule has 0 bridgehead atoms. The van der Waals surface area contributed by atoms with E-state index in [1.807, 2.05) is 12.1 Å². The number of nitro groups is 1. The topological polar surface area (TPSA) is 49.6 Å². The molecule has 0 atom stereocenters. The maximum absolute atomic E-state index is 10.7. The highest BCUT2D eigenvalue weighted by molar-refractivity contribution is 5.32. The van der Waals surface area contributed by atoms with Gasteiger partial charge >= 0.3 is 0 Å². The lowest BCUT2D eigenvalue weighted by Gasteiger charge is -2.34. The van der Waals surface area contributed by atoms with Crippen LogP contribution in [0, 0.1) is 10.1 Å². The van der Waals surface area contributed by atoms with Gasteiger partial charge in [0.2, 0.25) is 0 Å². The van der Waals surface area contributed by atoms with Crippen molar-refractivity contribution in [1.82, 2.24) is 9.80 Å². The first-order chi connectivity index (χ1) is 12.2. The van der Waals surface area contributed by atoms with Crippen molar-refractivity contribution in [3.05, 3.63) is 75.8 Å². The number of benzene rings is 2. The van der Waals surface area contributed by atoms with Gasteiger partial charge in [0, 0.05) is 51.4 Å². The van der Waals surface area contributed by atoms with Crippen LogP contribution in [-0.4, -0.2) is 54.0 Å². The normalized spacial score (nSPS) is 16.0. The summed E-state index contributed by atoms with van der Waals surface area (Å²) in [7, 11) is 0. The fourth-order valence-corrected chi connectivity index (χ4v) is 3.24. The summed E-state index contributed by atoms with van der Waals surface area (Å²) < 4.78 is 0. The molecule has 1 aliphatic heterocycles. The average Bonchev–Trinajstić information content (AvgIpc) is 2.67. The lowest BCUT2D eigenvalue weighted by molar-refractivity contribution is -0.384. The number of non-ortho nitro benzene ring substituents is 1. The van der Waals surface area contributed by atoms with E-state index in [4.69, 9.17) is 0 Å². The molecule has 0 saturated carbocycles. The Kier molecular flexibility index (Phi) is 6.14. The number of rotatable bonds is 7. The van der Waals surface area contributed by atoms with Crippen LogP contribution in [0.2, 0.25) is 0 Å². The summed E-state index contributed by atoms with van der Waals surface area (Å²) >= 11 is 0. The van der Waals surface area contributed by atoms with E-state index in [1.54, 1.807) is 12.1 Å². The third-order valence-electron chi connectivity index (χ3n) is 4.89. The third kappa shape index (κ3) is 5.37. The minimum absolute atomic E-state index is 0.163. The summed E-state index contributed by atoms with van der Waals surface area (Å²) in [6.45, 7) is 6.58. The van der Waals surface area contributed by atoms with E-state index in [0.29, 0.717) is 0 Å². The highest BCUT2D eigenvalue weighted by Crippen LogP contribution is 2.13. The molecule has 1 heterocycles. The molecule has 5 heteroatoms. The van der Waals surface area contributed by atoms with Crippen LogP contribution in [-0.2, 0) is 12.8 Å². The fraction of sp³-hybridized carbons (Fsp3) is 0.400. The zero-order valence-electron chi connectivity index (χ0n) is 14.5. The van der Waals surface area contributed by atoms with Gasteiger partial charge < -0.3 is 9.80 Å². The van der Waals surface area contributed by atoms with Gasteiger partial charge in [0.05, 0.1) is 4.92 Å². The number of nitro benzene ring substituents is 1. The Balaban J connectivity index is 1.37. The van der Waals surface area contributed by atoms with E-state index >= 15 is 0 Å². The number of nitrogens with zero attached hydrogens (tertiary/aromatic N) is 3. The third-order valence-corrected chi connectivity index (χ3v) is 4.89. The van der Waals surface area contributed by atoms with Crippen molar-refractivity contribution in [2.45, 2.75) is 12.8 Å². The van der Waals surface area contributed by atoms with Crippen molar-refractivity contribution in [3.63, 3.8) is 0 Å². The van der Waals surface area contributed by atoms with E-state index in [9.17, 15) is 10.1 Å². The molecule has 0 N–H and O–H groups in total. The van der Waals surface area contributed by atoms with Gasteiger partial charge in [0.25, 0.3) is 5.69 Å². The van der Waals surface area contributed by atoms with Crippen LogP contribution < -0.4 is 0 Å². The van der Waals surface area contributed by atoms with Gasteiger partial charge in [-0.1, -0.05) is 42.5 Å². The fourth-order valence-electron chi connectivity index (χ4n) is 3.24. The van der Waals surface area contributed by atoms with Crippen LogP contribution in [0.1, 0.15) is 11.1 Å². The van der Waals surface area contributed by atoms with Gasteiger partial charge in [-0.3, -0.25) is 10.1 Å². The highest BCUT2D eigenvalue weighted by Gasteiger charge is 2.16. The Bertz CT molecular complexity index is 665. The Morgan fingerprint density at radius 3 is 1.72 bits per heavy atom. The second kappa shape index (κ2) is 8.74. The number of hydrogen-bond donors (Lipinski definition) is 0. The smallest absolute Gasteiger partial charge is 0.269 e. The van der Waals surface area contributed by atoms with Gasteiger partial charge in [-0.05, 0) is 24.0 Å². The summed E-state index contributed by atoms with van der Waals surface area (Å²) in [6, 6.07) is 17.6. The van der Waals surface area contributed by atoms with Gasteiger partial charge in [-0.2, -0.15) is 0 Å². The highest BCUT2D eigenvalue weighted by atomic mass is 16.6. The summed E-state index contributed by atoms with van der Waals surface area (Å²) in [5.41, 5.74) is 2.73. The molecule has 25 heavy (non-hydrogen) atoms. The van der Waals surface area contributed by atoms with Crippen LogP contribution in [0.5, 0.6) is 0 Å². The predicted octanol–water partition coefficient (Wildman–Crippen LogP) is 3.00. The summed E-state index contributed by atoms with van der Waals surface area (Å²) in [4.78, 5) is 15.4. The maximum Gasteiger partial charge on any atom is 0.269 e. The Labute approximate surface area is 149 Å². The zero-order chi connectivity index (χ0) is 17.5. The molecule has 3 rings (SSSR count). The molecule has 0 radical (unpaired) electrons. The Morgan fingerprint density at radius 2 is 1.24 bits per heavy atom. The lowest BCUT2D eigenvalue weighted by atomic mass is 10.1. The first kappa shape index (κ1) is 17.6. The lowest BCUT2D eigenvalue weighted by Crippen LogP contribution is -2.47. The molecule has 0 aromatic heterocycles. The first-order valence-corrected chi connectivity index (χ1v) is 8.93. The Morgan fingerprint density at radius 1 is 0.760 bits per heavy atom. The van der Waals surface area contributed by atoms with Gasteiger partial charge in [0.1, 0.15) is 0 Å². The van der Waals surface area contributed by atoms with Crippen molar-refractivity contribution in [2.75, 3.05) is 39.3 Å². The summed E-state index contributed by atoms with van der Waals surface area (Å²) in [5.74, 6) is 0. The molecule has 0 unspecified atom stereocenters. The second-order valence-corrected chi connectivity index (χ2v) is 6.59. The van der Waals surface area contributed by atoms with Crippen molar-refractivity contribution < 1.29 is 4.92 Å². The summed E-state index contributed by atoms with van der Waals surface area (Å²) in [5, 5.41) is 10.7. The number of piperazine rings is 1. The predicted molar refractivity (Wildman–Crippen MR) is 99.8 cm³/mol. The van der Waals surface area contributed by atoms with Crippen molar-refractivity contribution in [3.8, 4) is 0 Å². The zero-order valence-corrected chi connectivity index (χ0v) is 14.5. The molecule has 0 spiro atoms.